The second-order valence-corrected chi connectivity index (χ2v) is 11.6. The monoisotopic (exact) mass is 642 g/mol. The smallest absolute Gasteiger partial charge is 0.261 e. The molecule has 0 heterocycles. The van der Waals surface area contributed by atoms with Gasteiger partial charge in [-0.3, -0.25) is 9.59 Å². The van der Waals surface area contributed by atoms with Crippen LogP contribution in [-0.2, 0) is 22.6 Å². The van der Waals surface area contributed by atoms with Gasteiger partial charge in [0.25, 0.3) is 5.91 Å². The average molecular weight is 644 g/mol. The fourth-order valence-electron chi connectivity index (χ4n) is 4.04. The van der Waals surface area contributed by atoms with Crippen LogP contribution in [0, 0.1) is 0 Å². The number of rotatable bonds is 12. The predicted molar refractivity (Wildman–Crippen MR) is 160 cm³/mol. The Morgan fingerprint density at radius 2 is 1.63 bits per heavy atom. The van der Waals surface area contributed by atoms with Crippen LogP contribution in [0.5, 0.6) is 5.75 Å². The van der Waals surface area contributed by atoms with Gasteiger partial charge in [0.05, 0.1) is 4.47 Å². The van der Waals surface area contributed by atoms with E-state index in [4.69, 9.17) is 4.74 Å². The molecule has 0 aliphatic heterocycles. The molecule has 0 aliphatic carbocycles. The minimum atomic E-state index is -0.701. The highest BCUT2D eigenvalue weighted by Gasteiger charge is 2.31. The van der Waals surface area contributed by atoms with E-state index in [2.05, 4.69) is 51.0 Å². The Hall–Kier alpha value is -2.64. The summed E-state index contributed by atoms with van der Waals surface area (Å²) in [7, 11) is 0. The van der Waals surface area contributed by atoms with Gasteiger partial charge in [0.2, 0.25) is 5.91 Å². The highest BCUT2D eigenvalue weighted by molar-refractivity contribution is 9.10. The largest absolute Gasteiger partial charge is 0.483 e. The SMILES string of the molecule is CC[C@H](C)NC(=O)[C@H](Cc1ccccc1)N(Cc1cccc(Br)c1)C(=O)COc1ccc(C(C)C)cc1Br. The zero-order valence-electron chi connectivity index (χ0n) is 22.4. The summed E-state index contributed by atoms with van der Waals surface area (Å²) in [5, 5.41) is 3.09. The molecule has 202 valence electrons. The predicted octanol–water partition coefficient (Wildman–Crippen LogP) is 7.27. The van der Waals surface area contributed by atoms with E-state index in [1.54, 1.807) is 4.90 Å². The summed E-state index contributed by atoms with van der Waals surface area (Å²) < 4.78 is 7.69. The molecule has 3 rings (SSSR count). The topological polar surface area (TPSA) is 58.6 Å². The summed E-state index contributed by atoms with van der Waals surface area (Å²) in [4.78, 5) is 29.0. The van der Waals surface area contributed by atoms with Crippen LogP contribution in [0.15, 0.2) is 81.7 Å². The molecule has 3 aromatic carbocycles. The Morgan fingerprint density at radius 1 is 0.921 bits per heavy atom. The summed E-state index contributed by atoms with van der Waals surface area (Å²) >= 11 is 7.10. The number of carbonyl (C=O) groups is 2. The number of amides is 2. The Kier molecular flexibility index (Phi) is 11.4. The second-order valence-electron chi connectivity index (χ2n) is 9.81. The standard InChI is InChI=1S/C31H36Br2N2O3/c1-5-22(4)34-31(37)28(17-23-10-7-6-8-11-23)35(19-24-12-9-13-26(32)16-24)30(36)20-38-29-15-14-25(21(2)3)18-27(29)33/h6-16,18,21-22,28H,5,17,19-20H2,1-4H3,(H,34,37)/t22-,28-/m0/s1. The van der Waals surface area contributed by atoms with Gasteiger partial charge in [-0.05, 0) is 76.1 Å². The minimum Gasteiger partial charge on any atom is -0.483 e. The molecule has 0 aromatic heterocycles. The molecule has 2 amide bonds. The molecule has 7 heteroatoms. The number of hydrogen-bond donors (Lipinski definition) is 1. The van der Waals surface area contributed by atoms with E-state index >= 15 is 0 Å². The summed E-state index contributed by atoms with van der Waals surface area (Å²) in [6, 6.07) is 22.8. The van der Waals surface area contributed by atoms with Crippen molar-refractivity contribution in [1.82, 2.24) is 10.2 Å². The van der Waals surface area contributed by atoms with Crippen LogP contribution in [0.4, 0.5) is 0 Å². The van der Waals surface area contributed by atoms with Crippen molar-refractivity contribution in [3.8, 4) is 5.75 Å². The highest BCUT2D eigenvalue weighted by atomic mass is 79.9. The lowest BCUT2D eigenvalue weighted by Gasteiger charge is -2.32. The first-order valence-corrected chi connectivity index (χ1v) is 14.6. The van der Waals surface area contributed by atoms with Crippen molar-refractivity contribution in [3.63, 3.8) is 0 Å². The van der Waals surface area contributed by atoms with Crippen molar-refractivity contribution in [3.05, 3.63) is 98.4 Å². The van der Waals surface area contributed by atoms with Gasteiger partial charge in [0, 0.05) is 23.5 Å². The zero-order chi connectivity index (χ0) is 27.7. The number of nitrogens with one attached hydrogen (secondary N) is 1. The van der Waals surface area contributed by atoms with E-state index in [1.165, 1.54) is 5.56 Å². The number of hydrogen-bond acceptors (Lipinski definition) is 3. The van der Waals surface area contributed by atoms with Crippen LogP contribution in [0.2, 0.25) is 0 Å². The maximum absolute atomic E-state index is 13.8. The van der Waals surface area contributed by atoms with Gasteiger partial charge in [-0.2, -0.15) is 0 Å². The number of carbonyl (C=O) groups excluding carboxylic acids is 2. The van der Waals surface area contributed by atoms with Crippen molar-refractivity contribution < 1.29 is 14.3 Å². The minimum absolute atomic E-state index is 0.00438. The molecule has 38 heavy (non-hydrogen) atoms. The van der Waals surface area contributed by atoms with Crippen LogP contribution < -0.4 is 10.1 Å². The van der Waals surface area contributed by atoms with Crippen molar-refractivity contribution in [2.45, 2.75) is 65.1 Å². The first-order chi connectivity index (χ1) is 18.2. The van der Waals surface area contributed by atoms with E-state index in [-0.39, 0.29) is 31.0 Å². The maximum Gasteiger partial charge on any atom is 0.261 e. The van der Waals surface area contributed by atoms with Gasteiger partial charge < -0.3 is 15.0 Å². The first-order valence-electron chi connectivity index (χ1n) is 13.0. The van der Waals surface area contributed by atoms with E-state index < -0.39 is 6.04 Å². The van der Waals surface area contributed by atoms with Crippen molar-refractivity contribution in [1.29, 1.82) is 0 Å². The van der Waals surface area contributed by atoms with Crippen molar-refractivity contribution in [2.24, 2.45) is 0 Å². The van der Waals surface area contributed by atoms with Crippen LogP contribution in [0.1, 0.15) is 56.7 Å². The van der Waals surface area contributed by atoms with Crippen LogP contribution in [0.3, 0.4) is 0 Å². The molecule has 1 N–H and O–H groups in total. The Balaban J connectivity index is 1.91. The quantitative estimate of drug-likeness (QED) is 0.226. The number of nitrogens with zero attached hydrogens (tertiary/aromatic N) is 1. The second kappa shape index (κ2) is 14.5. The third-order valence-electron chi connectivity index (χ3n) is 6.49. The molecule has 0 radical (unpaired) electrons. The fourth-order valence-corrected chi connectivity index (χ4v) is 5.00. The van der Waals surface area contributed by atoms with Gasteiger partial charge in [-0.25, -0.2) is 0 Å². The molecule has 2 atom stereocenters. The molecule has 0 bridgehead atoms. The molecule has 0 fully saturated rings. The molecule has 0 saturated carbocycles. The van der Waals surface area contributed by atoms with E-state index in [0.717, 1.165) is 26.5 Å². The highest BCUT2D eigenvalue weighted by Crippen LogP contribution is 2.29. The zero-order valence-corrected chi connectivity index (χ0v) is 25.6. The summed E-state index contributed by atoms with van der Waals surface area (Å²) in [6.45, 7) is 8.35. The van der Waals surface area contributed by atoms with Crippen molar-refractivity contribution >= 4 is 43.7 Å². The number of halogens is 2. The molecule has 0 unspecified atom stereocenters. The van der Waals surface area contributed by atoms with E-state index in [9.17, 15) is 9.59 Å². The number of benzene rings is 3. The Labute approximate surface area is 243 Å². The van der Waals surface area contributed by atoms with E-state index in [1.807, 2.05) is 86.6 Å². The normalized spacial score (nSPS) is 12.6. The lowest BCUT2D eigenvalue weighted by molar-refractivity contribution is -0.143. The molecule has 0 saturated heterocycles. The summed E-state index contributed by atoms with van der Waals surface area (Å²) in [6.07, 6.45) is 1.20. The molecular formula is C31H36Br2N2O3. The molecular weight excluding hydrogens is 608 g/mol. The van der Waals surface area contributed by atoms with Crippen LogP contribution in [-0.4, -0.2) is 35.4 Å². The van der Waals surface area contributed by atoms with Gasteiger partial charge in [0.1, 0.15) is 11.8 Å². The lowest BCUT2D eigenvalue weighted by Crippen LogP contribution is -2.53. The van der Waals surface area contributed by atoms with Crippen LogP contribution >= 0.6 is 31.9 Å². The summed E-state index contributed by atoms with van der Waals surface area (Å²) in [5.41, 5.74) is 3.08. The van der Waals surface area contributed by atoms with Gasteiger partial charge in [-0.1, -0.05) is 85.2 Å². The molecule has 0 aliphatic rings. The average Bonchev–Trinajstić information content (AvgIpc) is 2.90. The molecule has 0 spiro atoms. The number of ether oxygens (including phenoxy) is 1. The van der Waals surface area contributed by atoms with Crippen LogP contribution in [0.25, 0.3) is 0 Å². The fraction of sp³-hybridized carbons (Fsp3) is 0.355. The molecule has 3 aromatic rings. The maximum atomic E-state index is 13.8. The third-order valence-corrected chi connectivity index (χ3v) is 7.60. The summed E-state index contributed by atoms with van der Waals surface area (Å²) in [5.74, 6) is 0.540. The molecule has 5 nitrogen and oxygen atoms in total. The van der Waals surface area contributed by atoms with Gasteiger partial charge in [-0.15, -0.1) is 0 Å². The van der Waals surface area contributed by atoms with Gasteiger partial charge >= 0.3 is 0 Å². The van der Waals surface area contributed by atoms with Gasteiger partial charge in [0.15, 0.2) is 6.61 Å². The Morgan fingerprint density at radius 3 is 2.26 bits per heavy atom. The van der Waals surface area contributed by atoms with Crippen molar-refractivity contribution in [2.75, 3.05) is 6.61 Å². The lowest BCUT2D eigenvalue weighted by atomic mass is 10.0. The van der Waals surface area contributed by atoms with E-state index in [0.29, 0.717) is 18.1 Å². The third kappa shape index (κ3) is 8.70. The first kappa shape index (κ1) is 29.9. The Bertz CT molecular complexity index is 1220.